The smallest absolute Gasteiger partial charge is 0.219 e. The van der Waals surface area contributed by atoms with Gasteiger partial charge in [0.2, 0.25) is 5.91 Å². The molecule has 1 aliphatic heterocycles. The topological polar surface area (TPSA) is 32.3 Å². The summed E-state index contributed by atoms with van der Waals surface area (Å²) in [4.78, 5) is 13.4. The third kappa shape index (κ3) is 3.64. The molecule has 1 aromatic carbocycles. The first-order chi connectivity index (χ1) is 10.6. The summed E-state index contributed by atoms with van der Waals surface area (Å²) in [5, 5.41) is 4.40. The molecule has 1 atom stereocenters. The lowest BCUT2D eigenvalue weighted by Crippen LogP contribution is -2.38. The molecule has 0 aromatic heterocycles. The average Bonchev–Trinajstić information content (AvgIpc) is 3.18. The molecule has 4 heteroatoms. The molecule has 22 heavy (non-hydrogen) atoms. The Morgan fingerprint density at radius 1 is 1.32 bits per heavy atom. The summed E-state index contributed by atoms with van der Waals surface area (Å²) in [5.41, 5.74) is 1.87. The minimum atomic E-state index is 0.230. The Bertz CT molecular complexity index is 520. The second-order valence-corrected chi connectivity index (χ2v) is 7.29. The molecule has 1 spiro atoms. The Labute approximate surface area is 138 Å². The van der Waals surface area contributed by atoms with Gasteiger partial charge in [0.15, 0.2) is 0 Å². The number of halogens is 1. The Morgan fingerprint density at radius 2 is 2.00 bits per heavy atom. The summed E-state index contributed by atoms with van der Waals surface area (Å²) in [7, 11) is 0. The van der Waals surface area contributed by atoms with Crippen LogP contribution in [-0.4, -0.2) is 37.0 Å². The van der Waals surface area contributed by atoms with Crippen molar-refractivity contribution >= 4 is 17.5 Å². The Balaban J connectivity index is 1.34. The highest BCUT2D eigenvalue weighted by Gasteiger charge is 2.54. The van der Waals surface area contributed by atoms with E-state index in [1.807, 2.05) is 17.0 Å². The SMILES string of the molecule is CC(=O)N1CCC2(CC1)CC2CNCCc1ccc(Cl)cc1. The van der Waals surface area contributed by atoms with Crippen molar-refractivity contribution < 1.29 is 4.79 Å². The lowest BCUT2D eigenvalue weighted by Gasteiger charge is -2.32. The van der Waals surface area contributed by atoms with Crippen LogP contribution in [0, 0.1) is 11.3 Å². The van der Waals surface area contributed by atoms with Crippen molar-refractivity contribution in [2.75, 3.05) is 26.2 Å². The van der Waals surface area contributed by atoms with Crippen LogP contribution in [0.1, 0.15) is 31.7 Å². The van der Waals surface area contributed by atoms with Crippen LogP contribution >= 0.6 is 11.6 Å². The van der Waals surface area contributed by atoms with Gasteiger partial charge in [-0.1, -0.05) is 23.7 Å². The van der Waals surface area contributed by atoms with Crippen molar-refractivity contribution in [3.63, 3.8) is 0 Å². The first-order valence-electron chi connectivity index (χ1n) is 8.30. The predicted molar refractivity (Wildman–Crippen MR) is 90.1 cm³/mol. The molecule has 1 saturated carbocycles. The zero-order valence-corrected chi connectivity index (χ0v) is 14.0. The van der Waals surface area contributed by atoms with E-state index in [1.54, 1.807) is 6.92 Å². The first-order valence-corrected chi connectivity index (χ1v) is 8.67. The number of amides is 1. The molecule has 2 fully saturated rings. The lowest BCUT2D eigenvalue weighted by atomic mass is 9.91. The van der Waals surface area contributed by atoms with Crippen LogP contribution in [0.2, 0.25) is 5.02 Å². The largest absolute Gasteiger partial charge is 0.343 e. The fourth-order valence-corrected chi connectivity index (χ4v) is 3.89. The van der Waals surface area contributed by atoms with Crippen LogP contribution in [0.3, 0.4) is 0 Å². The number of benzene rings is 1. The number of hydrogen-bond acceptors (Lipinski definition) is 2. The van der Waals surface area contributed by atoms with Crippen LogP contribution in [-0.2, 0) is 11.2 Å². The standard InChI is InChI=1S/C18H25ClN2O/c1-14(22)21-10-7-18(8-11-21)12-16(18)13-20-9-6-15-2-4-17(19)5-3-15/h2-5,16,20H,6-13H2,1H3. The molecule has 2 aliphatic rings. The summed E-state index contributed by atoms with van der Waals surface area (Å²) < 4.78 is 0. The monoisotopic (exact) mass is 320 g/mol. The lowest BCUT2D eigenvalue weighted by molar-refractivity contribution is -0.130. The maximum absolute atomic E-state index is 11.4. The Hall–Kier alpha value is -1.06. The van der Waals surface area contributed by atoms with Crippen molar-refractivity contribution in [1.82, 2.24) is 10.2 Å². The van der Waals surface area contributed by atoms with Crippen molar-refractivity contribution in [1.29, 1.82) is 0 Å². The number of rotatable bonds is 5. The van der Waals surface area contributed by atoms with Gasteiger partial charge in [0.1, 0.15) is 0 Å². The van der Waals surface area contributed by atoms with E-state index in [1.165, 1.54) is 24.8 Å². The number of likely N-dealkylation sites (tertiary alicyclic amines) is 1. The second-order valence-electron chi connectivity index (χ2n) is 6.85. The molecule has 1 aromatic rings. The maximum Gasteiger partial charge on any atom is 0.219 e. The first kappa shape index (κ1) is 15.8. The number of nitrogens with zero attached hydrogens (tertiary/aromatic N) is 1. The molecule has 3 rings (SSSR count). The number of carbonyl (C=O) groups excluding carboxylic acids is 1. The molecule has 1 heterocycles. The van der Waals surface area contributed by atoms with Crippen molar-refractivity contribution in [3.05, 3.63) is 34.9 Å². The highest BCUT2D eigenvalue weighted by Crippen LogP contribution is 2.58. The molecule has 1 N–H and O–H groups in total. The molecule has 1 aliphatic carbocycles. The summed E-state index contributed by atoms with van der Waals surface area (Å²) in [6.45, 7) is 5.73. The zero-order valence-electron chi connectivity index (χ0n) is 13.3. The quantitative estimate of drug-likeness (QED) is 0.845. The molecule has 0 bridgehead atoms. The van der Waals surface area contributed by atoms with Crippen LogP contribution in [0.15, 0.2) is 24.3 Å². The van der Waals surface area contributed by atoms with E-state index in [0.717, 1.165) is 43.5 Å². The second kappa shape index (κ2) is 6.59. The minimum absolute atomic E-state index is 0.230. The Kier molecular flexibility index (Phi) is 4.74. The van der Waals surface area contributed by atoms with Gasteiger partial charge in [0.05, 0.1) is 0 Å². The molecule has 0 radical (unpaired) electrons. The van der Waals surface area contributed by atoms with Gasteiger partial charge in [-0.15, -0.1) is 0 Å². The number of carbonyl (C=O) groups is 1. The highest BCUT2D eigenvalue weighted by atomic mass is 35.5. The molecular weight excluding hydrogens is 296 g/mol. The summed E-state index contributed by atoms with van der Waals surface area (Å²) in [6.07, 6.45) is 4.77. The third-order valence-corrected chi connectivity index (χ3v) is 5.71. The van der Waals surface area contributed by atoms with Gasteiger partial charge in [-0.25, -0.2) is 0 Å². The van der Waals surface area contributed by atoms with Gasteiger partial charge in [-0.05, 0) is 67.8 Å². The summed E-state index contributed by atoms with van der Waals surface area (Å²) >= 11 is 5.90. The van der Waals surface area contributed by atoms with Gasteiger partial charge in [0, 0.05) is 25.0 Å². The molecular formula is C18H25ClN2O. The fourth-order valence-electron chi connectivity index (χ4n) is 3.76. The highest BCUT2D eigenvalue weighted by molar-refractivity contribution is 6.30. The summed E-state index contributed by atoms with van der Waals surface area (Å²) in [5.74, 6) is 1.04. The number of piperidine rings is 1. The van der Waals surface area contributed by atoms with Crippen LogP contribution < -0.4 is 5.32 Å². The number of hydrogen-bond donors (Lipinski definition) is 1. The van der Waals surface area contributed by atoms with E-state index in [4.69, 9.17) is 11.6 Å². The minimum Gasteiger partial charge on any atom is -0.343 e. The third-order valence-electron chi connectivity index (χ3n) is 5.46. The van der Waals surface area contributed by atoms with Gasteiger partial charge in [-0.3, -0.25) is 4.79 Å². The Morgan fingerprint density at radius 3 is 2.64 bits per heavy atom. The van der Waals surface area contributed by atoms with Gasteiger partial charge < -0.3 is 10.2 Å². The van der Waals surface area contributed by atoms with E-state index >= 15 is 0 Å². The normalized spacial score (nSPS) is 22.8. The predicted octanol–water partition coefficient (Wildman–Crippen LogP) is 3.12. The molecule has 120 valence electrons. The average molecular weight is 321 g/mol. The molecule has 3 nitrogen and oxygen atoms in total. The van der Waals surface area contributed by atoms with Crippen molar-refractivity contribution in [3.8, 4) is 0 Å². The van der Waals surface area contributed by atoms with Gasteiger partial charge in [0.25, 0.3) is 0 Å². The van der Waals surface area contributed by atoms with Crippen molar-refractivity contribution in [2.45, 2.75) is 32.6 Å². The van der Waals surface area contributed by atoms with Crippen LogP contribution in [0.4, 0.5) is 0 Å². The molecule has 1 amide bonds. The van der Waals surface area contributed by atoms with Crippen LogP contribution in [0.5, 0.6) is 0 Å². The van der Waals surface area contributed by atoms with E-state index in [0.29, 0.717) is 5.41 Å². The van der Waals surface area contributed by atoms with Gasteiger partial charge >= 0.3 is 0 Å². The maximum atomic E-state index is 11.4. The van der Waals surface area contributed by atoms with Crippen molar-refractivity contribution in [2.24, 2.45) is 11.3 Å². The van der Waals surface area contributed by atoms with Gasteiger partial charge in [-0.2, -0.15) is 0 Å². The van der Waals surface area contributed by atoms with Crippen LogP contribution in [0.25, 0.3) is 0 Å². The molecule has 1 saturated heterocycles. The van der Waals surface area contributed by atoms with E-state index in [2.05, 4.69) is 17.4 Å². The zero-order chi connectivity index (χ0) is 15.6. The van der Waals surface area contributed by atoms with E-state index < -0.39 is 0 Å². The van der Waals surface area contributed by atoms with E-state index in [-0.39, 0.29) is 5.91 Å². The number of nitrogens with one attached hydrogen (secondary N) is 1. The fraction of sp³-hybridized carbons (Fsp3) is 0.611. The molecule has 1 unspecified atom stereocenters. The summed E-state index contributed by atoms with van der Waals surface area (Å²) in [6, 6.07) is 8.10. The van der Waals surface area contributed by atoms with E-state index in [9.17, 15) is 4.79 Å².